The maximum atomic E-state index is 4.54. The molecule has 194 valence electrons. The van der Waals surface area contributed by atoms with Gasteiger partial charge in [-0.05, 0) is 61.6 Å². The van der Waals surface area contributed by atoms with Gasteiger partial charge in [0.25, 0.3) is 0 Å². The van der Waals surface area contributed by atoms with Crippen molar-refractivity contribution in [2.75, 3.05) is 0 Å². The summed E-state index contributed by atoms with van der Waals surface area (Å²) in [6, 6.07) is 27.3. The van der Waals surface area contributed by atoms with Gasteiger partial charge < -0.3 is 0 Å². The standard InChI is InChI=1S/C33H27N7/c1-20-35-21(2)38-32(37-20)26-14-10-24(11-15-26)29-8-5-9-30(28-7-6-18-34-19-28)31(29)25-12-16-27(17-13-25)33-39-22(3)36-23(4)40-33/h5-19H,1-4H3. The molecule has 0 fully saturated rings. The zero-order valence-corrected chi connectivity index (χ0v) is 22.8. The van der Waals surface area contributed by atoms with E-state index < -0.39 is 0 Å². The van der Waals surface area contributed by atoms with Crippen LogP contribution in [0.5, 0.6) is 0 Å². The molecule has 0 N–H and O–H groups in total. The van der Waals surface area contributed by atoms with Crippen molar-refractivity contribution in [1.29, 1.82) is 0 Å². The summed E-state index contributed by atoms with van der Waals surface area (Å²) in [4.78, 5) is 31.1. The second-order valence-corrected chi connectivity index (χ2v) is 9.63. The summed E-state index contributed by atoms with van der Waals surface area (Å²) in [5.41, 5.74) is 8.51. The maximum Gasteiger partial charge on any atom is 0.163 e. The summed E-state index contributed by atoms with van der Waals surface area (Å²) >= 11 is 0. The van der Waals surface area contributed by atoms with Gasteiger partial charge in [-0.2, -0.15) is 0 Å². The van der Waals surface area contributed by atoms with Crippen LogP contribution in [-0.2, 0) is 0 Å². The molecule has 0 aliphatic rings. The van der Waals surface area contributed by atoms with E-state index in [1.165, 1.54) is 0 Å². The highest BCUT2D eigenvalue weighted by Crippen LogP contribution is 2.40. The fourth-order valence-corrected chi connectivity index (χ4v) is 4.94. The van der Waals surface area contributed by atoms with Gasteiger partial charge in [0, 0.05) is 29.1 Å². The van der Waals surface area contributed by atoms with Crippen LogP contribution < -0.4 is 0 Å². The third-order valence-corrected chi connectivity index (χ3v) is 6.64. The van der Waals surface area contributed by atoms with Gasteiger partial charge in [-0.15, -0.1) is 0 Å². The Morgan fingerprint density at radius 1 is 0.400 bits per heavy atom. The van der Waals surface area contributed by atoms with Crippen LogP contribution in [0.1, 0.15) is 23.3 Å². The number of aryl methyl sites for hydroxylation is 4. The molecule has 6 rings (SSSR count). The van der Waals surface area contributed by atoms with Crippen molar-refractivity contribution >= 4 is 0 Å². The SMILES string of the molecule is Cc1nc(C)nc(-c2ccc(-c3cccc(-c4cccnc4)c3-c3ccc(-c4nc(C)nc(C)n4)cc3)cc2)n1. The van der Waals surface area contributed by atoms with Crippen LogP contribution in [0.4, 0.5) is 0 Å². The molecule has 0 spiro atoms. The quantitative estimate of drug-likeness (QED) is 0.241. The average molecular weight is 522 g/mol. The molecular weight excluding hydrogens is 494 g/mol. The minimum atomic E-state index is 0.678. The van der Waals surface area contributed by atoms with E-state index in [4.69, 9.17) is 0 Å². The van der Waals surface area contributed by atoms with Crippen LogP contribution >= 0.6 is 0 Å². The molecule has 0 saturated heterocycles. The molecule has 0 aliphatic heterocycles. The molecule has 7 nitrogen and oxygen atoms in total. The predicted octanol–water partition coefficient (Wildman–Crippen LogP) is 7.02. The first kappa shape index (κ1) is 25.1. The molecule has 40 heavy (non-hydrogen) atoms. The molecule has 0 unspecified atom stereocenters. The third kappa shape index (κ3) is 5.09. The zero-order chi connectivity index (χ0) is 27.6. The number of rotatable bonds is 5. The lowest BCUT2D eigenvalue weighted by molar-refractivity contribution is 0.928. The van der Waals surface area contributed by atoms with Crippen LogP contribution in [0.3, 0.4) is 0 Å². The minimum Gasteiger partial charge on any atom is -0.264 e. The normalized spacial score (nSPS) is 11.0. The molecule has 6 aromatic rings. The lowest BCUT2D eigenvalue weighted by atomic mass is 9.87. The Balaban J connectivity index is 1.47. The van der Waals surface area contributed by atoms with Crippen LogP contribution in [0.25, 0.3) is 56.2 Å². The highest BCUT2D eigenvalue weighted by molar-refractivity contribution is 5.94. The highest BCUT2D eigenvalue weighted by Gasteiger charge is 2.16. The Hall–Kier alpha value is -5.17. The van der Waals surface area contributed by atoms with Crippen molar-refractivity contribution in [2.45, 2.75) is 27.7 Å². The molecule has 3 heterocycles. The van der Waals surface area contributed by atoms with Gasteiger partial charge in [0.05, 0.1) is 0 Å². The Labute approximate surface area is 233 Å². The first-order valence-corrected chi connectivity index (χ1v) is 13.1. The summed E-state index contributed by atoms with van der Waals surface area (Å²) in [5, 5.41) is 0. The van der Waals surface area contributed by atoms with Gasteiger partial charge in [0.2, 0.25) is 0 Å². The predicted molar refractivity (Wildman–Crippen MR) is 157 cm³/mol. The smallest absolute Gasteiger partial charge is 0.163 e. The van der Waals surface area contributed by atoms with E-state index in [9.17, 15) is 0 Å². The fraction of sp³-hybridized carbons (Fsp3) is 0.121. The first-order valence-electron chi connectivity index (χ1n) is 13.1. The van der Waals surface area contributed by atoms with Crippen molar-refractivity contribution in [3.8, 4) is 56.2 Å². The van der Waals surface area contributed by atoms with E-state index >= 15 is 0 Å². The monoisotopic (exact) mass is 521 g/mol. The summed E-state index contributed by atoms with van der Waals surface area (Å²) in [7, 11) is 0. The average Bonchev–Trinajstić information content (AvgIpc) is 2.96. The molecular formula is C33H27N7. The zero-order valence-electron chi connectivity index (χ0n) is 22.8. The maximum absolute atomic E-state index is 4.54. The Morgan fingerprint density at radius 2 is 0.850 bits per heavy atom. The molecule has 0 amide bonds. The number of hydrogen-bond donors (Lipinski definition) is 0. The van der Waals surface area contributed by atoms with Crippen molar-refractivity contribution in [2.24, 2.45) is 0 Å². The Morgan fingerprint density at radius 3 is 1.32 bits per heavy atom. The summed E-state index contributed by atoms with van der Waals surface area (Å²) in [6.07, 6.45) is 3.70. The molecule has 3 aromatic carbocycles. The van der Waals surface area contributed by atoms with Crippen LogP contribution in [0.15, 0.2) is 91.3 Å². The highest BCUT2D eigenvalue weighted by atomic mass is 15.0. The number of aromatic nitrogens is 7. The third-order valence-electron chi connectivity index (χ3n) is 6.64. The van der Waals surface area contributed by atoms with E-state index in [0.29, 0.717) is 34.9 Å². The van der Waals surface area contributed by atoms with E-state index in [1.807, 2.05) is 40.0 Å². The number of nitrogens with zero attached hydrogens (tertiary/aromatic N) is 7. The first-order chi connectivity index (χ1) is 19.4. The molecule has 0 saturated carbocycles. The number of hydrogen-bond acceptors (Lipinski definition) is 7. The minimum absolute atomic E-state index is 0.678. The van der Waals surface area contributed by atoms with E-state index in [-0.39, 0.29) is 0 Å². The second kappa shape index (κ2) is 10.5. The van der Waals surface area contributed by atoms with Crippen LogP contribution in [0.2, 0.25) is 0 Å². The van der Waals surface area contributed by atoms with E-state index in [2.05, 4.69) is 108 Å². The van der Waals surface area contributed by atoms with E-state index in [1.54, 1.807) is 6.20 Å². The summed E-state index contributed by atoms with van der Waals surface area (Å²) in [6.45, 7) is 7.54. The second-order valence-electron chi connectivity index (χ2n) is 9.63. The van der Waals surface area contributed by atoms with Crippen molar-refractivity contribution in [1.82, 2.24) is 34.9 Å². The summed E-state index contributed by atoms with van der Waals surface area (Å²) in [5.74, 6) is 4.20. The van der Waals surface area contributed by atoms with Crippen molar-refractivity contribution in [3.05, 3.63) is 115 Å². The molecule has 0 aliphatic carbocycles. The van der Waals surface area contributed by atoms with Crippen LogP contribution in [-0.4, -0.2) is 34.9 Å². The molecule has 7 heteroatoms. The number of pyridine rings is 1. The lowest BCUT2D eigenvalue weighted by Crippen LogP contribution is -1.99. The van der Waals surface area contributed by atoms with Gasteiger partial charge in [-0.25, -0.2) is 29.9 Å². The van der Waals surface area contributed by atoms with E-state index in [0.717, 1.165) is 44.5 Å². The molecule has 0 radical (unpaired) electrons. The lowest BCUT2D eigenvalue weighted by Gasteiger charge is -2.17. The molecule has 0 atom stereocenters. The van der Waals surface area contributed by atoms with Gasteiger partial charge in [-0.3, -0.25) is 4.98 Å². The van der Waals surface area contributed by atoms with Gasteiger partial charge >= 0.3 is 0 Å². The summed E-state index contributed by atoms with van der Waals surface area (Å²) < 4.78 is 0. The Kier molecular flexibility index (Phi) is 6.62. The topological polar surface area (TPSA) is 90.2 Å². The van der Waals surface area contributed by atoms with Gasteiger partial charge in [0.15, 0.2) is 11.6 Å². The number of benzene rings is 3. The molecule has 0 bridgehead atoms. The molecule has 3 aromatic heterocycles. The fourth-order valence-electron chi connectivity index (χ4n) is 4.94. The van der Waals surface area contributed by atoms with Crippen LogP contribution in [0, 0.1) is 27.7 Å². The van der Waals surface area contributed by atoms with Gasteiger partial charge in [-0.1, -0.05) is 72.8 Å². The van der Waals surface area contributed by atoms with Gasteiger partial charge in [0.1, 0.15) is 23.3 Å². The Bertz CT molecular complexity index is 1770. The largest absolute Gasteiger partial charge is 0.264 e. The van der Waals surface area contributed by atoms with Crippen molar-refractivity contribution in [3.63, 3.8) is 0 Å². The van der Waals surface area contributed by atoms with Crippen molar-refractivity contribution < 1.29 is 0 Å².